The average molecular weight is 1140 g/mol. The summed E-state index contributed by atoms with van der Waals surface area (Å²) < 4.78 is 36.3. The van der Waals surface area contributed by atoms with Crippen LogP contribution in [0.5, 0.6) is 28.7 Å². The van der Waals surface area contributed by atoms with Gasteiger partial charge in [-0.3, -0.25) is 0 Å². The molecule has 8 unspecified atom stereocenters. The Labute approximate surface area is 505 Å². The molecule has 2 aliphatic carbocycles. The second-order valence-electron chi connectivity index (χ2n) is 25.3. The van der Waals surface area contributed by atoms with Crippen LogP contribution in [0.2, 0.25) is 0 Å². The molecule has 83 heavy (non-hydrogen) atoms. The minimum atomic E-state index is -0.227. The highest BCUT2D eigenvalue weighted by molar-refractivity contribution is 5.32. The van der Waals surface area contributed by atoms with Gasteiger partial charge in [0, 0.05) is 0 Å². The lowest BCUT2D eigenvalue weighted by Gasteiger charge is -2.47. The molecule has 5 aromatic carbocycles. The lowest BCUT2D eigenvalue weighted by molar-refractivity contribution is -0.132. The number of hydrogen-bond acceptors (Lipinski definition) is 8. The fourth-order valence-electron chi connectivity index (χ4n) is 11.2. The summed E-state index contributed by atoms with van der Waals surface area (Å²) in [6.45, 7) is 38.2. The van der Waals surface area contributed by atoms with E-state index < -0.39 is 0 Å². The van der Waals surface area contributed by atoms with Gasteiger partial charge >= 0.3 is 0 Å². The van der Waals surface area contributed by atoms with Gasteiger partial charge in [0.1, 0.15) is 28.7 Å². The zero-order valence-corrected chi connectivity index (χ0v) is 54.8. The highest BCUT2D eigenvalue weighted by Crippen LogP contribution is 2.49. The fraction of sp³-hybridized carbons (Fsp3) is 0.600. The van der Waals surface area contributed by atoms with Gasteiger partial charge in [-0.15, -0.1) is 0 Å². The first-order valence-electron chi connectivity index (χ1n) is 32.4. The van der Waals surface area contributed by atoms with Crippen molar-refractivity contribution in [3.8, 4) is 28.7 Å². The van der Waals surface area contributed by atoms with Gasteiger partial charge in [0.15, 0.2) is 18.9 Å². The average Bonchev–Trinajstić information content (AvgIpc) is 3.55. The topological polar surface area (TPSA) is 95.8 Å². The van der Waals surface area contributed by atoms with E-state index in [1.165, 1.54) is 53.5 Å². The standard InChI is InChI=1S/C39H60O4.C16H26O2.2C10H14O/c1-9-27(3)31-11-19-35(20-12-31)40-29(5)42-37-23-15-33(16-24-37)39(7,8)34-17-25-38(26-18-34)43-30(6)41-36-21-13-32(14-22-36)28(4)10-2;1-6-13(4)15-7-9-16(10-8-15)18-14(5)17-11-12(2)3;2*1-3-8(2)9-4-6-10(11)7-5-9/h11-14,19-22,27-30,33-34,37-38H,9-10,15-18,23-26H2,1-8H3;7-10,12-14H,6,11H2,1-5H3;2*4-8,11H,3H2,1-2H3. The number of phenolic OH excluding ortho intramolecular Hbond substituents is 2. The largest absolute Gasteiger partial charge is 0.508 e. The Hall–Kier alpha value is -5.02. The van der Waals surface area contributed by atoms with Gasteiger partial charge in [-0.25, -0.2) is 0 Å². The SMILES string of the molecule is CCC(C)c1ccc(O)cc1.CCC(C)c1ccc(O)cc1.CCC(C)c1ccc(OC(C)OC2CCC(C(C)(C)C3CCC(OC(C)Oc4ccc(C(C)CC)cc4)CC3)CC2)cc1.CCC(C)c1ccc(OC(C)OCC(C)C)cc1. The first-order chi connectivity index (χ1) is 39.6. The van der Waals surface area contributed by atoms with E-state index >= 15 is 0 Å². The minimum absolute atomic E-state index is 0.193. The predicted octanol–water partition coefficient (Wildman–Crippen LogP) is 21.4. The van der Waals surface area contributed by atoms with E-state index in [9.17, 15) is 0 Å². The Kier molecular flexibility index (Phi) is 31.2. The molecule has 0 aromatic heterocycles. The van der Waals surface area contributed by atoms with Gasteiger partial charge < -0.3 is 38.6 Å². The predicted molar refractivity (Wildman–Crippen MR) is 348 cm³/mol. The molecule has 0 spiro atoms. The second kappa shape index (κ2) is 36.7. The van der Waals surface area contributed by atoms with Crippen LogP contribution in [-0.4, -0.2) is 47.9 Å². The van der Waals surface area contributed by atoms with Crippen molar-refractivity contribution in [1.29, 1.82) is 0 Å². The molecular formula is C75H114O8. The molecule has 0 aliphatic heterocycles. The highest BCUT2D eigenvalue weighted by Gasteiger charge is 2.41. The van der Waals surface area contributed by atoms with Crippen molar-refractivity contribution < 1.29 is 38.6 Å². The number of aromatic hydroxyl groups is 2. The molecule has 0 amide bonds. The summed E-state index contributed by atoms with van der Waals surface area (Å²) in [5, 5.41) is 18.0. The van der Waals surface area contributed by atoms with Crippen molar-refractivity contribution in [2.24, 2.45) is 23.2 Å². The van der Waals surface area contributed by atoms with Crippen molar-refractivity contribution in [2.75, 3.05) is 6.61 Å². The molecule has 8 atom stereocenters. The Bertz CT molecular complexity index is 2300. The second-order valence-corrected chi connectivity index (χ2v) is 25.3. The minimum Gasteiger partial charge on any atom is -0.508 e. The molecule has 2 N–H and O–H groups in total. The lowest BCUT2D eigenvalue weighted by atomic mass is 9.60. The smallest absolute Gasteiger partial charge is 0.197 e. The monoisotopic (exact) mass is 1140 g/mol. The zero-order chi connectivity index (χ0) is 61.1. The quantitative estimate of drug-likeness (QED) is 0.0558. The van der Waals surface area contributed by atoms with Crippen LogP contribution >= 0.6 is 0 Å². The van der Waals surface area contributed by atoms with E-state index in [1.54, 1.807) is 24.3 Å². The Balaban J connectivity index is 0.000000298. The summed E-state index contributed by atoms with van der Waals surface area (Å²) in [6.07, 6.45) is 15.1. The molecule has 8 nitrogen and oxygen atoms in total. The Morgan fingerprint density at radius 2 is 0.602 bits per heavy atom. The van der Waals surface area contributed by atoms with Crippen LogP contribution in [0.15, 0.2) is 121 Å². The van der Waals surface area contributed by atoms with Crippen molar-refractivity contribution in [3.63, 3.8) is 0 Å². The summed E-state index contributed by atoms with van der Waals surface area (Å²) in [5.74, 6) is 8.33. The van der Waals surface area contributed by atoms with Crippen LogP contribution < -0.4 is 14.2 Å². The number of rotatable bonds is 25. The molecular weight excluding hydrogens is 1030 g/mol. The fourth-order valence-corrected chi connectivity index (χ4v) is 11.2. The third-order valence-corrected chi connectivity index (χ3v) is 18.1. The van der Waals surface area contributed by atoms with E-state index in [-0.39, 0.29) is 18.9 Å². The van der Waals surface area contributed by atoms with Crippen molar-refractivity contribution in [1.82, 2.24) is 0 Å². The summed E-state index contributed by atoms with van der Waals surface area (Å²) in [6, 6.07) is 40.3. The molecule has 7 rings (SSSR count). The first kappa shape index (κ1) is 70.5. The summed E-state index contributed by atoms with van der Waals surface area (Å²) >= 11 is 0. The van der Waals surface area contributed by atoms with Crippen LogP contribution in [0.25, 0.3) is 0 Å². The molecule has 0 saturated heterocycles. The number of benzene rings is 5. The molecule has 0 radical (unpaired) electrons. The van der Waals surface area contributed by atoms with Crippen LogP contribution in [0.3, 0.4) is 0 Å². The summed E-state index contributed by atoms with van der Waals surface area (Å²) in [7, 11) is 0. The molecule has 8 heteroatoms. The normalized spacial score (nSPS) is 20.0. The highest BCUT2D eigenvalue weighted by atomic mass is 16.7. The van der Waals surface area contributed by atoms with Crippen LogP contribution in [0.4, 0.5) is 0 Å². The maximum Gasteiger partial charge on any atom is 0.197 e. The van der Waals surface area contributed by atoms with E-state index in [4.69, 9.17) is 38.6 Å². The number of ether oxygens (including phenoxy) is 6. The molecule has 2 saturated carbocycles. The van der Waals surface area contributed by atoms with Crippen LogP contribution in [0, 0.1) is 23.2 Å². The van der Waals surface area contributed by atoms with E-state index in [0.29, 0.717) is 64.6 Å². The molecule has 462 valence electrons. The third kappa shape index (κ3) is 24.8. The number of hydrogen-bond donors (Lipinski definition) is 2. The molecule has 0 heterocycles. The zero-order valence-electron chi connectivity index (χ0n) is 54.8. The first-order valence-corrected chi connectivity index (χ1v) is 32.4. The van der Waals surface area contributed by atoms with E-state index in [2.05, 4.69) is 158 Å². The van der Waals surface area contributed by atoms with Gasteiger partial charge in [-0.05, 0) is 245 Å². The molecule has 0 bridgehead atoms. The van der Waals surface area contributed by atoms with Gasteiger partial charge in [0.25, 0.3) is 0 Å². The van der Waals surface area contributed by atoms with Crippen molar-refractivity contribution >= 4 is 0 Å². The number of phenols is 2. The van der Waals surface area contributed by atoms with Crippen molar-refractivity contribution in [3.05, 3.63) is 149 Å². The molecule has 2 fully saturated rings. The van der Waals surface area contributed by atoms with Gasteiger partial charge in [0.2, 0.25) is 0 Å². The van der Waals surface area contributed by atoms with E-state index in [0.717, 1.165) is 93.5 Å². The van der Waals surface area contributed by atoms with Gasteiger partial charge in [0.05, 0.1) is 18.8 Å². The Morgan fingerprint density at radius 1 is 0.361 bits per heavy atom. The van der Waals surface area contributed by atoms with Crippen LogP contribution in [-0.2, 0) is 14.2 Å². The Morgan fingerprint density at radius 3 is 0.843 bits per heavy atom. The van der Waals surface area contributed by atoms with Crippen LogP contribution in [0.1, 0.15) is 259 Å². The summed E-state index contributed by atoms with van der Waals surface area (Å²) in [4.78, 5) is 0. The maximum atomic E-state index is 9.01. The van der Waals surface area contributed by atoms with Crippen molar-refractivity contribution in [2.45, 2.75) is 262 Å². The summed E-state index contributed by atoms with van der Waals surface area (Å²) in [5.41, 5.74) is 7.03. The molecule has 5 aromatic rings. The van der Waals surface area contributed by atoms with E-state index in [1.807, 2.05) is 57.2 Å². The third-order valence-electron chi connectivity index (χ3n) is 18.1. The lowest BCUT2D eigenvalue weighted by Crippen LogP contribution is -2.40. The molecule has 2 aliphatic rings. The van der Waals surface area contributed by atoms with Gasteiger partial charge in [-0.1, -0.05) is 158 Å². The van der Waals surface area contributed by atoms with Gasteiger partial charge in [-0.2, -0.15) is 0 Å². The maximum absolute atomic E-state index is 9.01.